The van der Waals surface area contributed by atoms with E-state index in [0.717, 1.165) is 30.0 Å². The number of carbonyl (C=O) groups excluding carboxylic acids is 1. The molecule has 0 radical (unpaired) electrons. The third kappa shape index (κ3) is 2.19. The number of fused-ring (bicyclic) bond motifs is 3. The quantitative estimate of drug-likeness (QED) is 0.593. The Hall–Kier alpha value is -1.22. The van der Waals surface area contributed by atoms with Crippen molar-refractivity contribution in [1.82, 2.24) is 0 Å². The van der Waals surface area contributed by atoms with E-state index >= 15 is 0 Å². The van der Waals surface area contributed by atoms with Gasteiger partial charge in [-0.3, -0.25) is 4.79 Å². The average Bonchev–Trinajstić information content (AvgIpc) is 2.41. The Kier molecular flexibility index (Phi) is 2.94. The van der Waals surface area contributed by atoms with Gasteiger partial charge in [-0.2, -0.15) is 0 Å². The van der Waals surface area contributed by atoms with Crippen LogP contribution in [0.5, 0.6) is 0 Å². The van der Waals surface area contributed by atoms with Crippen molar-refractivity contribution >= 4 is 5.78 Å². The Labute approximate surface area is 107 Å². The molecule has 0 aliphatic carbocycles. The monoisotopic (exact) mass is 248 g/mol. The lowest BCUT2D eigenvalue weighted by atomic mass is 9.85. The number of ketones is 1. The maximum Gasteiger partial charge on any atom is 0.216 e. The Bertz CT molecular complexity index is 432. The summed E-state index contributed by atoms with van der Waals surface area (Å²) in [5.41, 5.74) is 0.650. The number of hydrogen-bond acceptors (Lipinski definition) is 1. The summed E-state index contributed by atoms with van der Waals surface area (Å²) < 4.78 is 13.8. The van der Waals surface area contributed by atoms with Gasteiger partial charge >= 0.3 is 0 Å². The van der Waals surface area contributed by atoms with Crippen LogP contribution in [-0.2, 0) is 0 Å². The third-order valence-corrected chi connectivity index (χ3v) is 4.68. The first kappa shape index (κ1) is 11.8. The predicted molar refractivity (Wildman–Crippen MR) is 67.8 cm³/mol. The maximum atomic E-state index is 12.8. The third-order valence-electron chi connectivity index (χ3n) is 4.68. The number of hydrogen-bond donors (Lipinski definition) is 0. The van der Waals surface area contributed by atoms with Crippen LogP contribution in [0.2, 0.25) is 0 Å². The van der Waals surface area contributed by atoms with E-state index in [1.807, 2.05) is 0 Å². The van der Waals surface area contributed by atoms with Crippen LogP contribution in [0.3, 0.4) is 0 Å². The summed E-state index contributed by atoms with van der Waals surface area (Å²) in [4.78, 5) is 12.3. The lowest BCUT2D eigenvalue weighted by Gasteiger charge is -2.48. The summed E-state index contributed by atoms with van der Waals surface area (Å²) in [5, 5.41) is 0. The molecule has 3 heterocycles. The molecule has 0 spiro atoms. The van der Waals surface area contributed by atoms with Gasteiger partial charge in [-0.05, 0) is 49.4 Å². The molecule has 0 amide bonds. The highest BCUT2D eigenvalue weighted by Gasteiger charge is 2.40. The first-order valence-electron chi connectivity index (χ1n) is 6.81. The van der Waals surface area contributed by atoms with Crippen LogP contribution in [0.15, 0.2) is 24.3 Å². The Morgan fingerprint density at radius 1 is 1.11 bits per heavy atom. The molecule has 3 fully saturated rings. The molecule has 96 valence electrons. The molecule has 0 atom stereocenters. The summed E-state index contributed by atoms with van der Waals surface area (Å²) in [6, 6.07) is 5.95. The highest BCUT2D eigenvalue weighted by atomic mass is 19.1. The Morgan fingerprint density at radius 3 is 2.22 bits per heavy atom. The summed E-state index contributed by atoms with van der Waals surface area (Å²) in [6.45, 7) is 4.05. The second-order valence-corrected chi connectivity index (χ2v) is 5.83. The van der Waals surface area contributed by atoms with E-state index in [-0.39, 0.29) is 11.6 Å². The minimum absolute atomic E-state index is 0.162. The van der Waals surface area contributed by atoms with Crippen molar-refractivity contribution in [3.63, 3.8) is 0 Å². The van der Waals surface area contributed by atoms with Gasteiger partial charge in [-0.15, -0.1) is 0 Å². The molecule has 1 aromatic rings. The van der Waals surface area contributed by atoms with Gasteiger partial charge in [0.25, 0.3) is 0 Å². The number of nitrogens with zero attached hydrogens (tertiary/aromatic N) is 1. The van der Waals surface area contributed by atoms with E-state index in [9.17, 15) is 9.18 Å². The van der Waals surface area contributed by atoms with E-state index in [1.54, 1.807) is 12.1 Å². The van der Waals surface area contributed by atoms with E-state index in [0.29, 0.717) is 12.1 Å². The van der Waals surface area contributed by atoms with Gasteiger partial charge in [0.2, 0.25) is 5.78 Å². The van der Waals surface area contributed by atoms with E-state index in [4.69, 9.17) is 0 Å². The van der Waals surface area contributed by atoms with Crippen LogP contribution in [0.1, 0.15) is 29.6 Å². The fraction of sp³-hybridized carbons (Fsp3) is 0.533. The molecule has 3 heteroatoms. The molecular weight excluding hydrogens is 229 g/mol. The van der Waals surface area contributed by atoms with Crippen LogP contribution in [0, 0.1) is 11.7 Å². The maximum absolute atomic E-state index is 12.8. The van der Waals surface area contributed by atoms with Crippen molar-refractivity contribution in [2.45, 2.75) is 19.3 Å². The molecule has 0 unspecified atom stereocenters. The van der Waals surface area contributed by atoms with Crippen molar-refractivity contribution in [2.24, 2.45) is 5.92 Å². The van der Waals surface area contributed by atoms with Crippen molar-refractivity contribution < 1.29 is 13.7 Å². The first-order valence-corrected chi connectivity index (χ1v) is 6.81. The molecule has 4 rings (SSSR count). The predicted octanol–water partition coefficient (Wildman–Crippen LogP) is 2.64. The zero-order valence-electron chi connectivity index (χ0n) is 10.6. The molecule has 3 aliphatic rings. The lowest BCUT2D eigenvalue weighted by molar-refractivity contribution is -0.935. The Balaban J connectivity index is 1.72. The second kappa shape index (κ2) is 4.47. The molecule has 3 aliphatic heterocycles. The molecule has 1 aromatic carbocycles. The summed E-state index contributed by atoms with van der Waals surface area (Å²) >= 11 is 0. The molecule has 0 aromatic heterocycles. The number of rotatable bonds is 3. The van der Waals surface area contributed by atoms with Gasteiger partial charge in [0, 0.05) is 5.56 Å². The molecular formula is C15H19FNO+. The van der Waals surface area contributed by atoms with Crippen LogP contribution in [-0.4, -0.2) is 36.4 Å². The molecule has 2 nitrogen and oxygen atoms in total. The minimum Gasteiger partial charge on any atom is -0.317 e. The van der Waals surface area contributed by atoms with Crippen molar-refractivity contribution in [1.29, 1.82) is 0 Å². The van der Waals surface area contributed by atoms with Crippen LogP contribution in [0.25, 0.3) is 0 Å². The van der Waals surface area contributed by atoms with Crippen LogP contribution < -0.4 is 0 Å². The van der Waals surface area contributed by atoms with Crippen molar-refractivity contribution in [3.05, 3.63) is 35.6 Å². The smallest absolute Gasteiger partial charge is 0.216 e. The minimum atomic E-state index is -0.280. The van der Waals surface area contributed by atoms with Gasteiger partial charge in [0.15, 0.2) is 0 Å². The Morgan fingerprint density at radius 2 is 1.67 bits per heavy atom. The largest absolute Gasteiger partial charge is 0.317 e. The number of carbonyl (C=O) groups is 1. The van der Waals surface area contributed by atoms with Gasteiger partial charge in [0.05, 0.1) is 19.6 Å². The highest BCUT2D eigenvalue weighted by molar-refractivity contribution is 5.96. The fourth-order valence-corrected chi connectivity index (χ4v) is 3.41. The zero-order chi connectivity index (χ0) is 12.6. The van der Waals surface area contributed by atoms with Gasteiger partial charge < -0.3 is 4.48 Å². The molecule has 2 bridgehead atoms. The number of quaternary nitrogens is 1. The lowest BCUT2D eigenvalue weighted by Crippen LogP contribution is -2.60. The van der Waals surface area contributed by atoms with Crippen molar-refractivity contribution in [3.8, 4) is 0 Å². The number of halogens is 1. The van der Waals surface area contributed by atoms with E-state index in [2.05, 4.69) is 0 Å². The SMILES string of the molecule is O=C(C[N+]12CCC(CC1)CC2)c1ccc(F)cc1. The van der Waals surface area contributed by atoms with E-state index in [1.165, 1.54) is 31.4 Å². The topological polar surface area (TPSA) is 17.1 Å². The van der Waals surface area contributed by atoms with Crippen molar-refractivity contribution in [2.75, 3.05) is 26.2 Å². The molecule has 3 saturated heterocycles. The summed E-state index contributed by atoms with van der Waals surface area (Å²) in [6.07, 6.45) is 3.82. The molecule has 0 N–H and O–H groups in total. The second-order valence-electron chi connectivity index (χ2n) is 5.83. The molecule has 0 saturated carbocycles. The van der Waals surface area contributed by atoms with E-state index < -0.39 is 0 Å². The standard InChI is InChI=1S/C15H19FNO/c16-14-3-1-13(2-4-14)15(18)11-17-8-5-12(6-9-17)7-10-17/h1-4,12H,5-11H2/q+1. The van der Waals surface area contributed by atoms with Gasteiger partial charge in [-0.1, -0.05) is 0 Å². The van der Waals surface area contributed by atoms with Crippen LogP contribution in [0.4, 0.5) is 4.39 Å². The number of benzene rings is 1. The normalized spacial score (nSPS) is 30.4. The first-order chi connectivity index (χ1) is 8.67. The van der Waals surface area contributed by atoms with Gasteiger partial charge in [0.1, 0.15) is 12.4 Å². The summed E-state index contributed by atoms with van der Waals surface area (Å²) in [5.74, 6) is 0.790. The average molecular weight is 248 g/mol. The zero-order valence-corrected chi connectivity index (χ0v) is 10.6. The summed E-state index contributed by atoms with van der Waals surface area (Å²) in [7, 11) is 0. The molecule has 18 heavy (non-hydrogen) atoms. The highest BCUT2D eigenvalue weighted by Crippen LogP contribution is 2.33. The fourth-order valence-electron chi connectivity index (χ4n) is 3.41. The number of Topliss-reactive ketones (excluding diaryl/α,β-unsaturated/α-hetero) is 1. The van der Waals surface area contributed by atoms with Gasteiger partial charge in [-0.25, -0.2) is 4.39 Å². The number of piperidine rings is 3. The van der Waals surface area contributed by atoms with Crippen LogP contribution >= 0.6 is 0 Å².